The van der Waals surface area contributed by atoms with Crippen LogP contribution in [0.2, 0.25) is 0 Å². The molecule has 0 saturated heterocycles. The van der Waals surface area contributed by atoms with Gasteiger partial charge in [0.15, 0.2) is 5.89 Å². The van der Waals surface area contributed by atoms with E-state index >= 15 is 0 Å². The van der Waals surface area contributed by atoms with Gasteiger partial charge in [0.1, 0.15) is 5.76 Å². The Hall–Kier alpha value is -0.830. The van der Waals surface area contributed by atoms with Crippen LogP contribution < -0.4 is 5.73 Å². The number of nitrogens with two attached hydrogens (primary N) is 1. The Morgan fingerprint density at radius 3 is 2.92 bits per heavy atom. The summed E-state index contributed by atoms with van der Waals surface area (Å²) in [6.45, 7) is 4.91. The molecule has 12 heavy (non-hydrogen) atoms. The molecule has 0 unspecified atom stereocenters. The second-order valence-electron chi connectivity index (χ2n) is 3.36. The molecule has 3 heteroatoms. The van der Waals surface area contributed by atoms with Gasteiger partial charge in [0, 0.05) is 19.4 Å². The van der Waals surface area contributed by atoms with Crippen LogP contribution in [0.25, 0.3) is 0 Å². The van der Waals surface area contributed by atoms with E-state index < -0.39 is 0 Å². The highest BCUT2D eigenvalue weighted by atomic mass is 16.4. The topological polar surface area (TPSA) is 52.0 Å². The van der Waals surface area contributed by atoms with Gasteiger partial charge in [-0.15, -0.1) is 0 Å². The average Bonchev–Trinajstić information content (AvgIpc) is 2.36. The molecular weight excluding hydrogens is 152 g/mol. The predicted octanol–water partition coefficient (Wildman–Crippen LogP) is 1.37. The van der Waals surface area contributed by atoms with Crippen LogP contribution in [-0.4, -0.2) is 11.5 Å². The van der Waals surface area contributed by atoms with E-state index in [0.717, 1.165) is 24.5 Å². The van der Waals surface area contributed by atoms with E-state index in [1.807, 2.05) is 0 Å². The maximum atomic E-state index is 5.44. The van der Waals surface area contributed by atoms with Crippen LogP contribution >= 0.6 is 0 Å². The zero-order valence-corrected chi connectivity index (χ0v) is 7.71. The number of nitrogens with zero attached hydrogens (tertiary/aromatic N) is 1. The van der Waals surface area contributed by atoms with Gasteiger partial charge in [-0.1, -0.05) is 13.8 Å². The first kappa shape index (κ1) is 9.26. The molecule has 0 aliphatic carbocycles. The van der Waals surface area contributed by atoms with Crippen LogP contribution in [-0.2, 0) is 12.8 Å². The van der Waals surface area contributed by atoms with E-state index in [4.69, 9.17) is 10.2 Å². The lowest BCUT2D eigenvalue weighted by molar-refractivity contribution is 0.433. The fourth-order valence-electron chi connectivity index (χ4n) is 1.08. The molecule has 68 valence electrons. The van der Waals surface area contributed by atoms with Crippen molar-refractivity contribution in [3.63, 3.8) is 0 Å². The Morgan fingerprint density at radius 2 is 2.33 bits per heavy atom. The van der Waals surface area contributed by atoms with Gasteiger partial charge in [0.05, 0.1) is 6.20 Å². The summed E-state index contributed by atoms with van der Waals surface area (Å²) in [5.74, 6) is 2.34. The molecule has 0 aliphatic heterocycles. The highest BCUT2D eigenvalue weighted by Crippen LogP contribution is 2.09. The first-order chi connectivity index (χ1) is 5.72. The quantitative estimate of drug-likeness (QED) is 0.738. The van der Waals surface area contributed by atoms with Crippen LogP contribution in [0, 0.1) is 5.92 Å². The minimum Gasteiger partial charge on any atom is -0.446 e. The van der Waals surface area contributed by atoms with Crippen molar-refractivity contribution < 1.29 is 4.42 Å². The lowest BCUT2D eigenvalue weighted by Crippen LogP contribution is -2.02. The molecule has 0 aromatic carbocycles. The molecule has 0 amide bonds. The summed E-state index contributed by atoms with van der Waals surface area (Å²) in [5.41, 5.74) is 5.37. The smallest absolute Gasteiger partial charge is 0.195 e. The molecule has 0 fully saturated rings. The number of aromatic nitrogens is 1. The molecule has 0 atom stereocenters. The number of hydrogen-bond donors (Lipinski definition) is 1. The van der Waals surface area contributed by atoms with Gasteiger partial charge in [-0.25, -0.2) is 4.98 Å². The highest BCUT2D eigenvalue weighted by molar-refractivity contribution is 4.95. The summed E-state index contributed by atoms with van der Waals surface area (Å²) in [7, 11) is 0. The maximum Gasteiger partial charge on any atom is 0.195 e. The predicted molar refractivity (Wildman–Crippen MR) is 47.8 cm³/mol. The zero-order valence-electron chi connectivity index (χ0n) is 7.71. The molecule has 1 heterocycles. The lowest BCUT2D eigenvalue weighted by Gasteiger charge is -1.98. The minimum absolute atomic E-state index is 0.599. The summed E-state index contributed by atoms with van der Waals surface area (Å²) in [6.07, 6.45) is 3.49. The average molecular weight is 168 g/mol. The lowest BCUT2D eigenvalue weighted by atomic mass is 10.1. The van der Waals surface area contributed by atoms with Crippen molar-refractivity contribution in [2.75, 3.05) is 6.54 Å². The third-order valence-corrected chi connectivity index (χ3v) is 1.57. The van der Waals surface area contributed by atoms with Crippen molar-refractivity contribution in [2.45, 2.75) is 26.7 Å². The number of oxazole rings is 1. The molecule has 0 bridgehead atoms. The SMILES string of the molecule is CC(C)Cc1cnc(CCN)o1. The van der Waals surface area contributed by atoms with Gasteiger partial charge in [-0.2, -0.15) is 0 Å². The third-order valence-electron chi connectivity index (χ3n) is 1.57. The molecule has 2 N–H and O–H groups in total. The first-order valence-corrected chi connectivity index (χ1v) is 4.36. The van der Waals surface area contributed by atoms with Crippen molar-refractivity contribution >= 4 is 0 Å². The number of rotatable bonds is 4. The number of hydrogen-bond acceptors (Lipinski definition) is 3. The van der Waals surface area contributed by atoms with Crippen LogP contribution in [0.5, 0.6) is 0 Å². The van der Waals surface area contributed by atoms with Crippen molar-refractivity contribution in [1.29, 1.82) is 0 Å². The molecule has 1 rings (SSSR count). The largest absolute Gasteiger partial charge is 0.446 e. The van der Waals surface area contributed by atoms with E-state index in [1.165, 1.54) is 0 Å². The fraction of sp³-hybridized carbons (Fsp3) is 0.667. The second kappa shape index (κ2) is 4.26. The van der Waals surface area contributed by atoms with E-state index in [0.29, 0.717) is 12.5 Å². The minimum atomic E-state index is 0.599. The Morgan fingerprint density at radius 1 is 1.58 bits per heavy atom. The molecule has 0 aliphatic rings. The Kier molecular flexibility index (Phi) is 3.29. The normalized spacial score (nSPS) is 11.0. The Labute approximate surface area is 73.0 Å². The summed E-state index contributed by atoms with van der Waals surface area (Å²) in [5, 5.41) is 0. The van der Waals surface area contributed by atoms with Crippen LogP contribution in [0.4, 0.5) is 0 Å². The molecule has 0 saturated carbocycles. The molecular formula is C9H16N2O. The van der Waals surface area contributed by atoms with E-state index in [2.05, 4.69) is 18.8 Å². The van der Waals surface area contributed by atoms with Crippen LogP contribution in [0.15, 0.2) is 10.6 Å². The first-order valence-electron chi connectivity index (χ1n) is 4.36. The van der Waals surface area contributed by atoms with Gasteiger partial charge in [0.2, 0.25) is 0 Å². The van der Waals surface area contributed by atoms with Crippen molar-refractivity contribution in [2.24, 2.45) is 11.7 Å². The Bertz CT molecular complexity index is 230. The standard InChI is InChI=1S/C9H16N2O/c1-7(2)5-8-6-11-9(12-8)3-4-10/h6-7H,3-5,10H2,1-2H3. The molecule has 0 radical (unpaired) electrons. The van der Waals surface area contributed by atoms with Crippen molar-refractivity contribution in [3.05, 3.63) is 17.8 Å². The van der Waals surface area contributed by atoms with Crippen molar-refractivity contribution in [3.8, 4) is 0 Å². The van der Waals surface area contributed by atoms with E-state index in [-0.39, 0.29) is 0 Å². The van der Waals surface area contributed by atoms with Crippen LogP contribution in [0.3, 0.4) is 0 Å². The Balaban J connectivity index is 2.52. The molecule has 0 spiro atoms. The summed E-state index contributed by atoms with van der Waals surface area (Å²) < 4.78 is 5.44. The monoisotopic (exact) mass is 168 g/mol. The van der Waals surface area contributed by atoms with Crippen LogP contribution in [0.1, 0.15) is 25.5 Å². The van der Waals surface area contributed by atoms with E-state index in [9.17, 15) is 0 Å². The van der Waals surface area contributed by atoms with E-state index in [1.54, 1.807) is 6.20 Å². The van der Waals surface area contributed by atoms with Gasteiger partial charge >= 0.3 is 0 Å². The van der Waals surface area contributed by atoms with Gasteiger partial charge in [0.25, 0.3) is 0 Å². The molecule has 3 nitrogen and oxygen atoms in total. The fourth-order valence-corrected chi connectivity index (χ4v) is 1.08. The highest BCUT2D eigenvalue weighted by Gasteiger charge is 2.04. The van der Waals surface area contributed by atoms with Gasteiger partial charge < -0.3 is 10.2 Å². The summed E-state index contributed by atoms with van der Waals surface area (Å²) >= 11 is 0. The van der Waals surface area contributed by atoms with Gasteiger partial charge in [-0.3, -0.25) is 0 Å². The second-order valence-corrected chi connectivity index (χ2v) is 3.36. The molecule has 1 aromatic heterocycles. The van der Waals surface area contributed by atoms with Gasteiger partial charge in [-0.05, 0) is 5.92 Å². The summed E-state index contributed by atoms with van der Waals surface area (Å²) in [4.78, 5) is 4.11. The zero-order chi connectivity index (χ0) is 8.97. The summed E-state index contributed by atoms with van der Waals surface area (Å²) in [6, 6.07) is 0. The molecule has 1 aromatic rings. The maximum absolute atomic E-state index is 5.44. The third kappa shape index (κ3) is 2.66. The van der Waals surface area contributed by atoms with Crippen molar-refractivity contribution in [1.82, 2.24) is 4.98 Å².